The minimum atomic E-state index is -0.370. The van der Waals surface area contributed by atoms with Crippen LogP contribution in [-0.4, -0.2) is 51.6 Å². The number of aromatic nitrogens is 3. The predicted octanol–water partition coefficient (Wildman–Crippen LogP) is 2.40. The van der Waals surface area contributed by atoms with Crippen LogP contribution in [-0.2, 0) is 0 Å². The minimum Gasteiger partial charge on any atom is -0.346 e. The van der Waals surface area contributed by atoms with Crippen LogP contribution in [0.2, 0.25) is 0 Å². The molecule has 0 aromatic carbocycles. The zero-order valence-electron chi connectivity index (χ0n) is 15.2. The molecule has 1 unspecified atom stereocenters. The van der Waals surface area contributed by atoms with E-state index in [0.717, 1.165) is 63.4 Å². The Morgan fingerprint density at radius 2 is 1.92 bits per heavy atom. The molecule has 0 radical (unpaired) electrons. The number of likely N-dealkylation sites (tertiary alicyclic amines) is 1. The fourth-order valence-electron chi connectivity index (χ4n) is 3.88. The van der Waals surface area contributed by atoms with Crippen LogP contribution in [0.15, 0.2) is 10.9 Å². The average molecular weight is 375 g/mol. The zero-order valence-corrected chi connectivity index (χ0v) is 16.0. The molecule has 0 spiro atoms. The summed E-state index contributed by atoms with van der Waals surface area (Å²) in [5.41, 5.74) is -0.0279. The molecule has 2 aromatic heterocycles. The van der Waals surface area contributed by atoms with Crippen LogP contribution in [0, 0.1) is 5.92 Å². The van der Waals surface area contributed by atoms with E-state index < -0.39 is 0 Å². The second kappa shape index (κ2) is 7.34. The topological polar surface area (TPSA) is 70.8 Å². The lowest BCUT2D eigenvalue weighted by molar-refractivity contribution is 0.0752. The van der Waals surface area contributed by atoms with Gasteiger partial charge in [-0.2, -0.15) is 9.50 Å². The highest BCUT2D eigenvalue weighted by Gasteiger charge is 2.24. The number of piperidine rings is 1. The minimum absolute atomic E-state index is 0.106. The molecule has 2 saturated heterocycles. The van der Waals surface area contributed by atoms with Gasteiger partial charge in [-0.05, 0) is 31.6 Å². The first-order valence-electron chi connectivity index (χ1n) is 9.57. The Kier molecular flexibility index (Phi) is 4.93. The van der Waals surface area contributed by atoms with Crippen molar-refractivity contribution in [1.82, 2.24) is 19.5 Å². The van der Waals surface area contributed by atoms with Crippen LogP contribution in [0.5, 0.6) is 0 Å². The Bertz CT molecular complexity index is 853. The molecule has 2 fully saturated rings. The van der Waals surface area contributed by atoms with Gasteiger partial charge in [-0.1, -0.05) is 31.1 Å². The Balaban J connectivity index is 1.70. The molecular weight excluding hydrogens is 350 g/mol. The van der Waals surface area contributed by atoms with Crippen molar-refractivity contribution in [3.05, 3.63) is 22.1 Å². The normalized spacial score (nSPS) is 21.8. The maximum atomic E-state index is 13.0. The summed E-state index contributed by atoms with van der Waals surface area (Å²) in [5, 5.41) is 5.51. The molecule has 2 aliphatic rings. The van der Waals surface area contributed by atoms with Crippen LogP contribution in [0.25, 0.3) is 4.96 Å². The third-order valence-corrected chi connectivity index (χ3v) is 6.25. The van der Waals surface area contributed by atoms with Crippen molar-refractivity contribution >= 4 is 27.3 Å². The van der Waals surface area contributed by atoms with Crippen molar-refractivity contribution in [2.45, 2.75) is 45.4 Å². The highest BCUT2D eigenvalue weighted by atomic mass is 32.1. The van der Waals surface area contributed by atoms with E-state index in [1.54, 1.807) is 4.52 Å². The van der Waals surface area contributed by atoms with Gasteiger partial charge < -0.3 is 9.80 Å². The molecule has 0 saturated carbocycles. The second-order valence-electron chi connectivity index (χ2n) is 7.46. The summed E-state index contributed by atoms with van der Waals surface area (Å²) < 4.78 is 1.58. The second-order valence-corrected chi connectivity index (χ2v) is 8.39. The molecule has 0 aliphatic carbocycles. The van der Waals surface area contributed by atoms with Gasteiger partial charge >= 0.3 is 0 Å². The standard InChI is InChI=1S/C18H25N5O2S/c1-13-7-6-10-22(12-13)18-20-23-14(11-15(24)19-17(23)26-18)16(25)21-8-4-2-3-5-9-21/h11,13H,2-10,12H2,1H3. The molecule has 4 rings (SSSR count). The zero-order chi connectivity index (χ0) is 18.1. The van der Waals surface area contributed by atoms with Gasteiger partial charge in [0, 0.05) is 32.2 Å². The first-order chi connectivity index (χ1) is 12.6. The van der Waals surface area contributed by atoms with Crippen LogP contribution in [0.3, 0.4) is 0 Å². The smallest absolute Gasteiger partial charge is 0.274 e. The fourth-order valence-corrected chi connectivity index (χ4v) is 4.83. The van der Waals surface area contributed by atoms with Crippen molar-refractivity contribution in [1.29, 1.82) is 0 Å². The molecule has 26 heavy (non-hydrogen) atoms. The molecule has 4 heterocycles. The Morgan fingerprint density at radius 1 is 1.15 bits per heavy atom. The SMILES string of the molecule is CC1CCCN(c2nn3c(C(=O)N4CCCCCC4)cc(=O)nc3s2)C1. The summed E-state index contributed by atoms with van der Waals surface area (Å²) in [5.74, 6) is 0.521. The van der Waals surface area contributed by atoms with Crippen molar-refractivity contribution < 1.29 is 4.79 Å². The number of fused-ring (bicyclic) bond motifs is 1. The van der Waals surface area contributed by atoms with Crippen molar-refractivity contribution in [3.8, 4) is 0 Å². The number of amides is 1. The molecule has 7 nitrogen and oxygen atoms in total. The van der Waals surface area contributed by atoms with Gasteiger partial charge in [0.15, 0.2) is 0 Å². The summed E-state index contributed by atoms with van der Waals surface area (Å²) in [6.07, 6.45) is 6.72. The van der Waals surface area contributed by atoms with Gasteiger partial charge in [0.1, 0.15) is 5.69 Å². The molecule has 1 atom stereocenters. The average Bonchev–Trinajstić information content (AvgIpc) is 2.86. The largest absolute Gasteiger partial charge is 0.346 e. The Hall–Kier alpha value is -1.96. The lowest BCUT2D eigenvalue weighted by Crippen LogP contribution is -2.35. The van der Waals surface area contributed by atoms with E-state index in [1.165, 1.54) is 23.8 Å². The maximum Gasteiger partial charge on any atom is 0.274 e. The van der Waals surface area contributed by atoms with Gasteiger partial charge in [-0.25, -0.2) is 0 Å². The van der Waals surface area contributed by atoms with E-state index in [-0.39, 0.29) is 11.5 Å². The maximum absolute atomic E-state index is 13.0. The number of nitrogens with zero attached hydrogens (tertiary/aromatic N) is 5. The van der Waals surface area contributed by atoms with Gasteiger partial charge in [-0.15, -0.1) is 5.10 Å². The summed E-state index contributed by atoms with van der Waals surface area (Å²) in [7, 11) is 0. The predicted molar refractivity (Wildman–Crippen MR) is 102 cm³/mol. The van der Waals surface area contributed by atoms with E-state index in [2.05, 4.69) is 21.9 Å². The van der Waals surface area contributed by atoms with Crippen molar-refractivity contribution in [3.63, 3.8) is 0 Å². The van der Waals surface area contributed by atoms with Crippen LogP contribution >= 0.6 is 11.3 Å². The molecule has 2 aliphatic heterocycles. The molecule has 1 amide bonds. The highest BCUT2D eigenvalue weighted by molar-refractivity contribution is 7.20. The van der Waals surface area contributed by atoms with E-state index >= 15 is 0 Å². The van der Waals surface area contributed by atoms with Gasteiger partial charge in [-0.3, -0.25) is 9.59 Å². The number of hydrogen-bond donors (Lipinski definition) is 0. The molecule has 8 heteroatoms. The molecule has 140 valence electrons. The fraction of sp³-hybridized carbons (Fsp3) is 0.667. The van der Waals surface area contributed by atoms with Crippen LogP contribution in [0.4, 0.5) is 5.13 Å². The first kappa shape index (κ1) is 17.5. The summed E-state index contributed by atoms with van der Waals surface area (Å²) in [6.45, 7) is 5.66. The van der Waals surface area contributed by atoms with Gasteiger partial charge in [0.2, 0.25) is 10.1 Å². The monoisotopic (exact) mass is 375 g/mol. The number of anilines is 1. The van der Waals surface area contributed by atoms with E-state index in [4.69, 9.17) is 0 Å². The molecule has 2 aromatic rings. The Labute approximate surface area is 156 Å². The summed E-state index contributed by atoms with van der Waals surface area (Å²) >= 11 is 1.40. The third kappa shape index (κ3) is 3.47. The van der Waals surface area contributed by atoms with Gasteiger partial charge in [0.05, 0.1) is 0 Å². The first-order valence-corrected chi connectivity index (χ1v) is 10.4. The van der Waals surface area contributed by atoms with E-state index in [0.29, 0.717) is 16.6 Å². The molecule has 0 bridgehead atoms. The molecular formula is C18H25N5O2S. The quantitative estimate of drug-likeness (QED) is 0.806. The number of carbonyl (C=O) groups is 1. The van der Waals surface area contributed by atoms with E-state index in [9.17, 15) is 9.59 Å². The summed E-state index contributed by atoms with van der Waals surface area (Å²) in [6, 6.07) is 1.34. The highest BCUT2D eigenvalue weighted by Crippen LogP contribution is 2.27. The van der Waals surface area contributed by atoms with Gasteiger partial charge in [0.25, 0.3) is 11.5 Å². The lowest BCUT2D eigenvalue weighted by atomic mass is 10.0. The number of carbonyl (C=O) groups excluding carboxylic acids is 1. The van der Waals surface area contributed by atoms with Crippen LogP contribution < -0.4 is 10.5 Å². The van der Waals surface area contributed by atoms with Crippen molar-refractivity contribution in [2.75, 3.05) is 31.1 Å². The lowest BCUT2D eigenvalue weighted by Gasteiger charge is -2.30. The third-order valence-electron chi connectivity index (χ3n) is 5.28. The number of rotatable bonds is 2. The van der Waals surface area contributed by atoms with Crippen LogP contribution in [0.1, 0.15) is 55.9 Å². The van der Waals surface area contributed by atoms with E-state index in [1.807, 2.05) is 4.90 Å². The number of hydrogen-bond acceptors (Lipinski definition) is 6. The summed E-state index contributed by atoms with van der Waals surface area (Å²) in [4.78, 5) is 33.8. The molecule has 0 N–H and O–H groups in total. The Morgan fingerprint density at radius 3 is 2.65 bits per heavy atom. The van der Waals surface area contributed by atoms with Crippen molar-refractivity contribution in [2.24, 2.45) is 5.92 Å².